The third kappa shape index (κ3) is 4.47. The van der Waals surface area contributed by atoms with E-state index in [0.29, 0.717) is 11.2 Å². The van der Waals surface area contributed by atoms with Crippen molar-refractivity contribution >= 4 is 34.2 Å². The number of anilines is 2. The van der Waals surface area contributed by atoms with Crippen molar-refractivity contribution in [2.24, 2.45) is 7.05 Å². The molecule has 4 aromatic rings. The van der Waals surface area contributed by atoms with Crippen LogP contribution in [0, 0.1) is 12.7 Å². The maximum absolute atomic E-state index is 13.3. The van der Waals surface area contributed by atoms with Crippen molar-refractivity contribution in [1.82, 2.24) is 24.5 Å². The molecule has 1 fully saturated rings. The molecule has 0 amide bonds. The van der Waals surface area contributed by atoms with Gasteiger partial charge in [0, 0.05) is 75.9 Å². The van der Waals surface area contributed by atoms with Crippen molar-refractivity contribution < 1.29 is 13.9 Å². The van der Waals surface area contributed by atoms with Crippen molar-refractivity contribution in [2.75, 3.05) is 50.6 Å². The molecule has 10 heteroatoms. The number of fused-ring (bicyclic) bond motifs is 2. The van der Waals surface area contributed by atoms with Gasteiger partial charge in [-0.25, -0.2) is 9.37 Å². The second kappa shape index (κ2) is 9.45. The SMILES string of the molecule is CNc1cc(F)c2nc(C)cn2c1.COc1cc(C=O)c2nn(C)cc2c1N1CCNCC1. The molecule has 0 radical (unpaired) electrons. The summed E-state index contributed by atoms with van der Waals surface area (Å²) in [6, 6.07) is 3.21. The van der Waals surface area contributed by atoms with Gasteiger partial charge in [-0.1, -0.05) is 0 Å². The van der Waals surface area contributed by atoms with E-state index in [4.69, 9.17) is 4.74 Å². The fraction of sp³-hybridized carbons (Fsp3) is 0.348. The Bertz CT molecular complexity index is 1290. The number of piperazine rings is 1. The van der Waals surface area contributed by atoms with Crippen LogP contribution in [-0.4, -0.2) is 65.8 Å². The third-order valence-electron chi connectivity index (χ3n) is 5.57. The quantitative estimate of drug-likeness (QED) is 0.459. The number of benzene rings is 1. The van der Waals surface area contributed by atoms with Crippen LogP contribution in [0.15, 0.2) is 30.7 Å². The monoisotopic (exact) mass is 453 g/mol. The first kappa shape index (κ1) is 22.5. The Morgan fingerprint density at radius 3 is 2.64 bits per heavy atom. The fourth-order valence-electron chi connectivity index (χ4n) is 4.06. The summed E-state index contributed by atoms with van der Waals surface area (Å²) in [4.78, 5) is 17.6. The molecule has 2 N–H and O–H groups in total. The van der Waals surface area contributed by atoms with E-state index in [0.717, 1.165) is 66.2 Å². The van der Waals surface area contributed by atoms with E-state index in [1.165, 1.54) is 6.07 Å². The molecule has 0 aliphatic carbocycles. The zero-order chi connectivity index (χ0) is 23.5. The number of pyridine rings is 1. The molecule has 9 nitrogen and oxygen atoms in total. The van der Waals surface area contributed by atoms with Gasteiger partial charge in [0.25, 0.3) is 0 Å². The summed E-state index contributed by atoms with van der Waals surface area (Å²) in [7, 11) is 5.25. The molecular formula is C23H28FN7O2. The highest BCUT2D eigenvalue weighted by atomic mass is 19.1. The number of methoxy groups -OCH3 is 1. The summed E-state index contributed by atoms with van der Waals surface area (Å²) in [6.07, 6.45) is 6.37. The molecule has 0 saturated carbocycles. The highest BCUT2D eigenvalue weighted by molar-refractivity contribution is 6.04. The second-order valence-corrected chi connectivity index (χ2v) is 7.88. The van der Waals surface area contributed by atoms with Crippen LogP contribution in [0.4, 0.5) is 15.8 Å². The lowest BCUT2D eigenvalue weighted by Crippen LogP contribution is -2.43. The maximum atomic E-state index is 13.3. The number of hydrogen-bond donors (Lipinski definition) is 2. The van der Waals surface area contributed by atoms with E-state index < -0.39 is 0 Å². The largest absolute Gasteiger partial charge is 0.495 e. The first-order chi connectivity index (χ1) is 15.9. The lowest BCUT2D eigenvalue weighted by atomic mass is 10.1. The molecule has 4 heterocycles. The van der Waals surface area contributed by atoms with Crippen LogP contribution in [0.1, 0.15) is 16.1 Å². The summed E-state index contributed by atoms with van der Waals surface area (Å²) in [6.45, 7) is 5.56. The van der Waals surface area contributed by atoms with Crippen molar-refractivity contribution in [3.63, 3.8) is 0 Å². The minimum Gasteiger partial charge on any atom is -0.495 e. The number of aldehydes is 1. The molecule has 0 atom stereocenters. The Morgan fingerprint density at radius 2 is 1.97 bits per heavy atom. The number of carbonyl (C=O) groups excluding carboxylic acids is 1. The van der Waals surface area contributed by atoms with Gasteiger partial charge in [0.05, 0.1) is 24.2 Å². The molecular weight excluding hydrogens is 425 g/mol. The standard InChI is InChI=1S/C14H18N4O2.C9H10FN3/c1-17-8-11-13(16-17)10(9-19)7-12(20-2)14(11)18-5-3-15-4-6-18;1-6-4-13-5-7(11-2)3-8(10)9(13)12-6/h7-9,15H,3-6H2,1-2H3;3-5,11H,1-2H3. The topological polar surface area (TPSA) is 88.7 Å². The van der Waals surface area contributed by atoms with Crippen molar-refractivity contribution in [2.45, 2.75) is 6.92 Å². The highest BCUT2D eigenvalue weighted by Crippen LogP contribution is 2.37. The van der Waals surface area contributed by atoms with Crippen molar-refractivity contribution in [3.8, 4) is 5.75 Å². The molecule has 0 spiro atoms. The number of nitrogens with one attached hydrogen (secondary N) is 2. The molecule has 0 unspecified atom stereocenters. The second-order valence-electron chi connectivity index (χ2n) is 7.88. The number of ether oxygens (including phenoxy) is 1. The molecule has 1 aromatic carbocycles. The van der Waals surface area contributed by atoms with Gasteiger partial charge in [0.15, 0.2) is 17.8 Å². The van der Waals surface area contributed by atoms with E-state index >= 15 is 0 Å². The molecule has 33 heavy (non-hydrogen) atoms. The van der Waals surface area contributed by atoms with E-state index in [2.05, 4.69) is 25.6 Å². The summed E-state index contributed by atoms with van der Waals surface area (Å²) in [5.74, 6) is 0.425. The number of aryl methyl sites for hydroxylation is 2. The molecule has 1 aliphatic rings. The minimum absolute atomic E-state index is 0.306. The van der Waals surface area contributed by atoms with E-state index in [9.17, 15) is 9.18 Å². The predicted octanol–water partition coefficient (Wildman–Crippen LogP) is 2.63. The molecule has 1 aliphatic heterocycles. The van der Waals surface area contributed by atoms with Crippen molar-refractivity contribution in [1.29, 1.82) is 0 Å². The van der Waals surface area contributed by atoms with Gasteiger partial charge in [0.1, 0.15) is 11.3 Å². The van der Waals surface area contributed by atoms with Crippen LogP contribution >= 0.6 is 0 Å². The number of hydrogen-bond acceptors (Lipinski definition) is 7. The Kier molecular flexibility index (Phi) is 6.45. The average molecular weight is 454 g/mol. The van der Waals surface area contributed by atoms with Crippen molar-refractivity contribution in [3.05, 3.63) is 47.8 Å². The van der Waals surface area contributed by atoms with Crippen LogP contribution in [0.25, 0.3) is 16.6 Å². The first-order valence-corrected chi connectivity index (χ1v) is 10.7. The van der Waals surface area contributed by atoms with Crippen LogP contribution in [0.5, 0.6) is 5.75 Å². The summed E-state index contributed by atoms with van der Waals surface area (Å²) < 4.78 is 22.2. The van der Waals surface area contributed by atoms with Gasteiger partial charge >= 0.3 is 0 Å². The zero-order valence-electron chi connectivity index (χ0n) is 19.2. The number of halogens is 1. The highest BCUT2D eigenvalue weighted by Gasteiger charge is 2.21. The number of aromatic nitrogens is 4. The molecule has 5 rings (SSSR count). The van der Waals surface area contributed by atoms with Gasteiger partial charge in [0.2, 0.25) is 0 Å². The molecule has 3 aromatic heterocycles. The molecule has 1 saturated heterocycles. The number of rotatable bonds is 4. The summed E-state index contributed by atoms with van der Waals surface area (Å²) in [5, 5.41) is 11.6. The van der Waals surface area contributed by atoms with Crippen LogP contribution < -0.4 is 20.3 Å². The van der Waals surface area contributed by atoms with Gasteiger partial charge in [-0.3, -0.25) is 9.48 Å². The lowest BCUT2D eigenvalue weighted by Gasteiger charge is -2.31. The average Bonchev–Trinajstić information content (AvgIpc) is 3.40. The van der Waals surface area contributed by atoms with Crippen LogP contribution in [0.2, 0.25) is 0 Å². The van der Waals surface area contributed by atoms with E-state index in [1.54, 1.807) is 41.7 Å². The molecule has 174 valence electrons. The normalized spacial score (nSPS) is 13.7. The predicted molar refractivity (Wildman–Crippen MR) is 127 cm³/mol. The number of nitrogens with zero attached hydrogens (tertiary/aromatic N) is 5. The van der Waals surface area contributed by atoms with Gasteiger partial charge in [-0.05, 0) is 13.0 Å². The van der Waals surface area contributed by atoms with Gasteiger partial charge < -0.3 is 24.7 Å². The number of carbonyl (C=O) groups is 1. The van der Waals surface area contributed by atoms with E-state index in [-0.39, 0.29) is 5.82 Å². The van der Waals surface area contributed by atoms with Crippen LogP contribution in [0.3, 0.4) is 0 Å². The van der Waals surface area contributed by atoms with Crippen LogP contribution in [-0.2, 0) is 7.05 Å². The minimum atomic E-state index is -0.306. The van der Waals surface area contributed by atoms with Gasteiger partial charge in [-0.15, -0.1) is 0 Å². The Hall–Kier alpha value is -3.66. The fourth-order valence-corrected chi connectivity index (χ4v) is 4.06. The first-order valence-electron chi connectivity index (χ1n) is 10.7. The third-order valence-corrected chi connectivity index (χ3v) is 5.57. The number of imidazole rings is 1. The maximum Gasteiger partial charge on any atom is 0.173 e. The Balaban J connectivity index is 0.000000172. The lowest BCUT2D eigenvalue weighted by molar-refractivity contribution is 0.112. The smallest absolute Gasteiger partial charge is 0.173 e. The Morgan fingerprint density at radius 1 is 1.21 bits per heavy atom. The van der Waals surface area contributed by atoms with Gasteiger partial charge in [-0.2, -0.15) is 5.10 Å². The Labute approximate surface area is 191 Å². The van der Waals surface area contributed by atoms with E-state index in [1.807, 2.05) is 20.2 Å². The zero-order valence-corrected chi connectivity index (χ0v) is 19.2. The summed E-state index contributed by atoms with van der Waals surface area (Å²) >= 11 is 0. The molecule has 0 bridgehead atoms. The summed E-state index contributed by atoms with van der Waals surface area (Å²) in [5.41, 5.74) is 4.25.